The maximum Gasteiger partial charge on any atom is 0.294 e. The van der Waals surface area contributed by atoms with Crippen molar-refractivity contribution in [2.75, 3.05) is 0 Å². The van der Waals surface area contributed by atoms with Gasteiger partial charge in [-0.2, -0.15) is 16.8 Å². The second-order valence-corrected chi connectivity index (χ2v) is 7.35. The first-order chi connectivity index (χ1) is 10.2. The second-order valence-electron chi connectivity index (χ2n) is 4.54. The van der Waals surface area contributed by atoms with Gasteiger partial charge >= 0.3 is 0 Å². The molecular formula is C14H13O6S2. The largest absolute Gasteiger partial charge is 0.294 e. The zero-order valence-corrected chi connectivity index (χ0v) is 12.9. The van der Waals surface area contributed by atoms with Gasteiger partial charge in [0.2, 0.25) is 0 Å². The van der Waals surface area contributed by atoms with Crippen LogP contribution < -0.4 is 0 Å². The van der Waals surface area contributed by atoms with Gasteiger partial charge in [-0.25, -0.2) is 0 Å². The van der Waals surface area contributed by atoms with E-state index in [1.165, 1.54) is 30.3 Å². The molecule has 0 bridgehead atoms. The Bertz CT molecular complexity index is 885. The van der Waals surface area contributed by atoms with Gasteiger partial charge in [-0.05, 0) is 42.2 Å². The molecule has 0 aromatic heterocycles. The number of hydrogen-bond donors (Lipinski definition) is 2. The summed E-state index contributed by atoms with van der Waals surface area (Å²) in [5, 5.41) is 0. The molecule has 0 amide bonds. The van der Waals surface area contributed by atoms with E-state index in [2.05, 4.69) is 0 Å². The van der Waals surface area contributed by atoms with Gasteiger partial charge < -0.3 is 0 Å². The van der Waals surface area contributed by atoms with E-state index in [0.717, 1.165) is 0 Å². The summed E-state index contributed by atoms with van der Waals surface area (Å²) in [5.41, 5.74) is 0.877. The van der Waals surface area contributed by atoms with Crippen molar-refractivity contribution in [3.63, 3.8) is 0 Å². The molecule has 1 radical (unpaired) electrons. The lowest BCUT2D eigenvalue weighted by molar-refractivity contribution is 0.480. The minimum Gasteiger partial charge on any atom is -0.282 e. The Labute approximate surface area is 128 Å². The highest BCUT2D eigenvalue weighted by molar-refractivity contribution is 7.86. The predicted octanol–water partition coefficient (Wildman–Crippen LogP) is 1.98. The lowest BCUT2D eigenvalue weighted by Gasteiger charge is -2.07. The van der Waals surface area contributed by atoms with Crippen LogP contribution >= 0.6 is 0 Å². The van der Waals surface area contributed by atoms with Gasteiger partial charge in [0, 0.05) is 0 Å². The van der Waals surface area contributed by atoms with E-state index in [1.807, 2.05) is 0 Å². The molecule has 8 heteroatoms. The summed E-state index contributed by atoms with van der Waals surface area (Å²) in [4.78, 5) is -0.443. The van der Waals surface area contributed by atoms with Gasteiger partial charge in [-0.1, -0.05) is 30.3 Å². The molecule has 117 valence electrons. The summed E-state index contributed by atoms with van der Waals surface area (Å²) in [7, 11) is -8.62. The van der Waals surface area contributed by atoms with E-state index in [1.54, 1.807) is 24.6 Å². The third kappa shape index (κ3) is 4.14. The van der Waals surface area contributed by atoms with Crippen molar-refractivity contribution in [3.05, 3.63) is 66.1 Å². The molecular weight excluding hydrogens is 328 g/mol. The van der Waals surface area contributed by atoms with Crippen molar-refractivity contribution >= 4 is 20.2 Å². The third-order valence-corrected chi connectivity index (χ3v) is 4.77. The number of rotatable bonds is 5. The smallest absolute Gasteiger partial charge is 0.282 e. The molecule has 0 fully saturated rings. The highest BCUT2D eigenvalue weighted by atomic mass is 32.2. The Morgan fingerprint density at radius 2 is 1.55 bits per heavy atom. The van der Waals surface area contributed by atoms with Crippen molar-refractivity contribution in [1.82, 2.24) is 0 Å². The molecule has 0 aliphatic rings. The fraction of sp³-hybridized carbons (Fsp3) is 0.0714. The maximum atomic E-state index is 11.3. The molecule has 0 heterocycles. The molecule has 0 atom stereocenters. The van der Waals surface area contributed by atoms with Crippen molar-refractivity contribution in [3.8, 4) is 0 Å². The normalized spacial score (nSPS) is 12.3. The zero-order chi connectivity index (χ0) is 16.4. The van der Waals surface area contributed by atoms with E-state index in [-0.39, 0.29) is 16.2 Å². The van der Waals surface area contributed by atoms with Crippen molar-refractivity contribution in [2.45, 2.75) is 16.2 Å². The van der Waals surface area contributed by atoms with Crippen LogP contribution in [0, 0.1) is 6.42 Å². The van der Waals surface area contributed by atoms with Gasteiger partial charge in [0.05, 0.1) is 9.79 Å². The standard InChI is InChI=1S/C14H13O6S2/c15-21(16,17)13-6-3-4-11(10-13)8-9-12-5-1-2-7-14(12)22(18,19)20/h1-8,10H,9H2,(H,15,16,17)(H,18,19,20). The molecule has 2 rings (SSSR count). The van der Waals surface area contributed by atoms with Gasteiger partial charge in [0.15, 0.2) is 0 Å². The van der Waals surface area contributed by atoms with E-state index < -0.39 is 20.2 Å². The molecule has 0 spiro atoms. The van der Waals surface area contributed by atoms with Gasteiger partial charge in [0.25, 0.3) is 20.2 Å². The van der Waals surface area contributed by atoms with Crippen LogP contribution in [-0.4, -0.2) is 25.9 Å². The summed E-state index contributed by atoms with van der Waals surface area (Å²) >= 11 is 0. The van der Waals surface area contributed by atoms with Gasteiger partial charge in [-0.15, -0.1) is 0 Å². The lowest BCUT2D eigenvalue weighted by Crippen LogP contribution is -2.04. The molecule has 0 aliphatic heterocycles. The van der Waals surface area contributed by atoms with Crippen molar-refractivity contribution in [2.24, 2.45) is 0 Å². The van der Waals surface area contributed by atoms with Crippen LogP contribution in [0.3, 0.4) is 0 Å². The van der Waals surface area contributed by atoms with Crippen LogP contribution in [0.25, 0.3) is 0 Å². The van der Waals surface area contributed by atoms with E-state index in [9.17, 15) is 16.8 Å². The van der Waals surface area contributed by atoms with Crippen LogP contribution in [0.4, 0.5) is 0 Å². The van der Waals surface area contributed by atoms with Crippen LogP contribution in [0.1, 0.15) is 11.1 Å². The number of benzene rings is 2. The van der Waals surface area contributed by atoms with E-state index in [4.69, 9.17) is 9.11 Å². The first-order valence-electron chi connectivity index (χ1n) is 6.14. The molecule has 2 aromatic rings. The average molecular weight is 341 g/mol. The maximum absolute atomic E-state index is 11.3. The summed E-state index contributed by atoms with van der Waals surface area (Å²) < 4.78 is 62.9. The van der Waals surface area contributed by atoms with Crippen molar-refractivity contribution < 1.29 is 25.9 Å². The summed E-state index contributed by atoms with van der Waals surface area (Å²) in [6, 6.07) is 11.6. The Balaban J connectivity index is 2.25. The summed E-state index contributed by atoms with van der Waals surface area (Å²) in [5.74, 6) is 0. The second kappa shape index (κ2) is 6.17. The van der Waals surface area contributed by atoms with E-state index in [0.29, 0.717) is 11.1 Å². The molecule has 2 N–H and O–H groups in total. The lowest BCUT2D eigenvalue weighted by atomic mass is 10.0. The summed E-state index contributed by atoms with van der Waals surface area (Å²) in [6.45, 7) is 0. The van der Waals surface area contributed by atoms with Crippen molar-refractivity contribution in [1.29, 1.82) is 0 Å². The minimum absolute atomic E-state index is 0.172. The molecule has 0 saturated carbocycles. The Morgan fingerprint density at radius 3 is 2.18 bits per heavy atom. The Kier molecular flexibility index (Phi) is 4.66. The topological polar surface area (TPSA) is 109 Å². The molecule has 22 heavy (non-hydrogen) atoms. The quantitative estimate of drug-likeness (QED) is 0.805. The van der Waals surface area contributed by atoms with Gasteiger partial charge in [0.1, 0.15) is 0 Å². The SMILES string of the molecule is O=S(=O)(O)c1cccc([CH]Cc2ccccc2S(=O)(=O)O)c1. The fourth-order valence-electron chi connectivity index (χ4n) is 1.95. The van der Waals surface area contributed by atoms with Crippen LogP contribution in [0.15, 0.2) is 58.3 Å². The molecule has 2 aromatic carbocycles. The Morgan fingerprint density at radius 1 is 0.864 bits per heavy atom. The van der Waals surface area contributed by atoms with Gasteiger partial charge in [-0.3, -0.25) is 9.11 Å². The van der Waals surface area contributed by atoms with E-state index >= 15 is 0 Å². The van der Waals surface area contributed by atoms with Crippen LogP contribution in [-0.2, 0) is 26.7 Å². The summed E-state index contributed by atoms with van der Waals surface area (Å²) in [6.07, 6.45) is 1.77. The first kappa shape index (κ1) is 16.6. The third-order valence-electron chi connectivity index (χ3n) is 2.96. The Hall–Kier alpha value is -1.74. The highest BCUT2D eigenvalue weighted by Crippen LogP contribution is 2.19. The minimum atomic E-state index is -4.33. The molecule has 0 saturated heterocycles. The number of hydrogen-bond acceptors (Lipinski definition) is 4. The van der Waals surface area contributed by atoms with Crippen LogP contribution in [0.2, 0.25) is 0 Å². The zero-order valence-electron chi connectivity index (χ0n) is 11.2. The monoisotopic (exact) mass is 341 g/mol. The molecule has 0 unspecified atom stereocenters. The van der Waals surface area contributed by atoms with Crippen LogP contribution in [0.5, 0.6) is 0 Å². The fourth-order valence-corrected chi connectivity index (χ4v) is 3.22. The predicted molar refractivity (Wildman–Crippen MR) is 79.6 cm³/mol. The average Bonchev–Trinajstić information content (AvgIpc) is 2.44. The molecule has 0 aliphatic carbocycles. The first-order valence-corrected chi connectivity index (χ1v) is 9.02. The highest BCUT2D eigenvalue weighted by Gasteiger charge is 2.15. The molecule has 6 nitrogen and oxygen atoms in total.